The standard InChI is InChI=1S/C23H28N2O3/c1-24(17-21(26)28-3)22(27)23(15-19-11-7-8-12-20(19)16-23)25(2)14-13-18-9-5-4-6-10-18/h4-12H,13-17H2,1-3H3. The number of benzene rings is 2. The zero-order valence-corrected chi connectivity index (χ0v) is 16.9. The van der Waals surface area contributed by atoms with Crippen LogP contribution < -0.4 is 0 Å². The van der Waals surface area contributed by atoms with Crippen molar-refractivity contribution in [3.8, 4) is 0 Å². The van der Waals surface area contributed by atoms with E-state index >= 15 is 0 Å². The molecule has 0 heterocycles. The van der Waals surface area contributed by atoms with Crippen LogP contribution in [0.2, 0.25) is 0 Å². The number of fused-ring (bicyclic) bond motifs is 1. The smallest absolute Gasteiger partial charge is 0.325 e. The third kappa shape index (κ3) is 4.09. The zero-order valence-electron chi connectivity index (χ0n) is 16.9. The molecule has 0 saturated carbocycles. The van der Waals surface area contributed by atoms with E-state index in [0.29, 0.717) is 12.8 Å². The van der Waals surface area contributed by atoms with E-state index < -0.39 is 11.5 Å². The van der Waals surface area contributed by atoms with Crippen molar-refractivity contribution in [2.45, 2.75) is 24.8 Å². The monoisotopic (exact) mass is 380 g/mol. The average Bonchev–Trinajstić information content (AvgIpc) is 3.12. The van der Waals surface area contributed by atoms with Gasteiger partial charge in [0.15, 0.2) is 0 Å². The highest BCUT2D eigenvalue weighted by atomic mass is 16.5. The first kappa shape index (κ1) is 20.1. The Morgan fingerprint density at radius 1 is 0.964 bits per heavy atom. The quantitative estimate of drug-likeness (QED) is 0.692. The van der Waals surface area contributed by atoms with Crippen molar-refractivity contribution >= 4 is 11.9 Å². The van der Waals surface area contributed by atoms with Crippen LogP contribution >= 0.6 is 0 Å². The maximum Gasteiger partial charge on any atom is 0.325 e. The van der Waals surface area contributed by atoms with E-state index in [2.05, 4.69) is 29.2 Å². The normalized spacial score (nSPS) is 14.6. The maximum absolute atomic E-state index is 13.5. The summed E-state index contributed by atoms with van der Waals surface area (Å²) in [6.45, 7) is 0.718. The number of amides is 1. The van der Waals surface area contributed by atoms with Crippen molar-refractivity contribution in [1.29, 1.82) is 0 Å². The number of carbonyl (C=O) groups is 2. The molecular formula is C23H28N2O3. The molecule has 0 aromatic heterocycles. The van der Waals surface area contributed by atoms with Crippen molar-refractivity contribution < 1.29 is 14.3 Å². The largest absolute Gasteiger partial charge is 0.468 e. The number of esters is 1. The molecule has 1 aliphatic carbocycles. The molecule has 1 aliphatic rings. The molecule has 28 heavy (non-hydrogen) atoms. The molecule has 5 nitrogen and oxygen atoms in total. The minimum Gasteiger partial charge on any atom is -0.468 e. The summed E-state index contributed by atoms with van der Waals surface area (Å²) in [5.74, 6) is -0.446. The van der Waals surface area contributed by atoms with Gasteiger partial charge >= 0.3 is 5.97 Å². The predicted molar refractivity (Wildman–Crippen MR) is 109 cm³/mol. The fraction of sp³-hybridized carbons (Fsp3) is 0.391. The van der Waals surface area contributed by atoms with Crippen LogP contribution in [-0.2, 0) is 33.6 Å². The van der Waals surface area contributed by atoms with Crippen LogP contribution in [0.15, 0.2) is 54.6 Å². The van der Waals surface area contributed by atoms with Gasteiger partial charge in [0, 0.05) is 26.4 Å². The second kappa shape index (κ2) is 8.57. The predicted octanol–water partition coefficient (Wildman–Crippen LogP) is 2.33. The number of ether oxygens (including phenoxy) is 1. The van der Waals surface area contributed by atoms with Gasteiger partial charge in [0.2, 0.25) is 5.91 Å². The molecule has 0 N–H and O–H groups in total. The molecule has 0 spiro atoms. The molecule has 148 valence electrons. The summed E-state index contributed by atoms with van der Waals surface area (Å²) in [5.41, 5.74) is 2.97. The van der Waals surface area contributed by atoms with Gasteiger partial charge < -0.3 is 9.64 Å². The Balaban J connectivity index is 1.83. The lowest BCUT2D eigenvalue weighted by Gasteiger charge is -2.40. The Morgan fingerprint density at radius 2 is 1.54 bits per heavy atom. The van der Waals surface area contributed by atoms with E-state index in [1.54, 1.807) is 7.05 Å². The summed E-state index contributed by atoms with van der Waals surface area (Å²) in [4.78, 5) is 28.9. The first-order valence-corrected chi connectivity index (χ1v) is 9.60. The van der Waals surface area contributed by atoms with Gasteiger partial charge in [-0.15, -0.1) is 0 Å². The van der Waals surface area contributed by atoms with Gasteiger partial charge in [-0.25, -0.2) is 0 Å². The number of carbonyl (C=O) groups excluding carboxylic acids is 2. The van der Waals surface area contributed by atoms with Crippen molar-refractivity contribution in [1.82, 2.24) is 9.80 Å². The number of rotatable bonds is 7. The molecule has 1 amide bonds. The Morgan fingerprint density at radius 3 is 2.11 bits per heavy atom. The van der Waals surface area contributed by atoms with Gasteiger partial charge in [-0.05, 0) is 30.2 Å². The summed E-state index contributed by atoms with van der Waals surface area (Å²) in [5, 5.41) is 0. The first-order valence-electron chi connectivity index (χ1n) is 9.60. The van der Waals surface area contributed by atoms with E-state index in [1.807, 2.05) is 37.4 Å². The molecule has 0 aliphatic heterocycles. The molecule has 0 radical (unpaired) electrons. The highest BCUT2D eigenvalue weighted by Gasteiger charge is 2.48. The Bertz CT molecular complexity index is 810. The summed E-state index contributed by atoms with van der Waals surface area (Å²) in [7, 11) is 5.03. The second-order valence-corrected chi connectivity index (χ2v) is 7.55. The van der Waals surface area contributed by atoms with E-state index in [-0.39, 0.29) is 12.5 Å². The van der Waals surface area contributed by atoms with Crippen LogP contribution in [0.1, 0.15) is 16.7 Å². The SMILES string of the molecule is COC(=O)CN(C)C(=O)C1(N(C)CCc2ccccc2)Cc2ccccc2C1. The van der Waals surface area contributed by atoms with Gasteiger partial charge in [-0.3, -0.25) is 14.5 Å². The minimum absolute atomic E-state index is 0.0374. The topological polar surface area (TPSA) is 49.9 Å². The molecule has 0 bridgehead atoms. The summed E-state index contributed by atoms with van der Waals surface area (Å²) in [6.07, 6.45) is 2.17. The lowest BCUT2D eigenvalue weighted by Crippen LogP contribution is -2.59. The zero-order chi connectivity index (χ0) is 20.1. The first-order chi connectivity index (χ1) is 13.5. The maximum atomic E-state index is 13.5. The lowest BCUT2D eigenvalue weighted by molar-refractivity contribution is -0.151. The van der Waals surface area contributed by atoms with Crippen molar-refractivity contribution in [3.63, 3.8) is 0 Å². The number of nitrogens with zero attached hydrogens (tertiary/aromatic N) is 2. The number of hydrogen-bond donors (Lipinski definition) is 0. The van der Waals surface area contributed by atoms with E-state index in [1.165, 1.54) is 28.7 Å². The molecule has 0 unspecified atom stereocenters. The van der Waals surface area contributed by atoms with Crippen molar-refractivity contribution in [2.75, 3.05) is 34.3 Å². The van der Waals surface area contributed by atoms with Crippen LogP contribution in [0.4, 0.5) is 0 Å². The highest BCUT2D eigenvalue weighted by molar-refractivity contribution is 5.90. The van der Waals surface area contributed by atoms with Gasteiger partial charge in [0.1, 0.15) is 12.1 Å². The molecule has 0 atom stereocenters. The molecule has 0 fully saturated rings. The number of likely N-dealkylation sites (N-methyl/N-ethyl adjacent to an activating group) is 2. The number of methoxy groups -OCH3 is 1. The Kier molecular flexibility index (Phi) is 6.15. The minimum atomic E-state index is -0.679. The van der Waals surface area contributed by atoms with Gasteiger partial charge in [-0.1, -0.05) is 54.6 Å². The third-order valence-corrected chi connectivity index (χ3v) is 5.73. The van der Waals surface area contributed by atoms with E-state index in [9.17, 15) is 9.59 Å². The van der Waals surface area contributed by atoms with Crippen LogP contribution in [0.3, 0.4) is 0 Å². The Hall–Kier alpha value is -2.66. The lowest BCUT2D eigenvalue weighted by atomic mass is 9.91. The average molecular weight is 380 g/mol. The van der Waals surface area contributed by atoms with Crippen LogP contribution in [0.5, 0.6) is 0 Å². The van der Waals surface area contributed by atoms with Crippen LogP contribution in [0.25, 0.3) is 0 Å². The highest BCUT2D eigenvalue weighted by Crippen LogP contribution is 2.35. The van der Waals surface area contributed by atoms with Crippen molar-refractivity contribution in [3.05, 3.63) is 71.3 Å². The molecule has 0 saturated heterocycles. The summed E-state index contributed by atoms with van der Waals surface area (Å²) in [6, 6.07) is 18.5. The molecule has 5 heteroatoms. The summed E-state index contributed by atoms with van der Waals surface area (Å²) < 4.78 is 4.75. The van der Waals surface area contributed by atoms with Gasteiger partial charge in [-0.2, -0.15) is 0 Å². The van der Waals surface area contributed by atoms with E-state index in [4.69, 9.17) is 4.74 Å². The van der Waals surface area contributed by atoms with Crippen molar-refractivity contribution in [2.24, 2.45) is 0 Å². The fourth-order valence-electron chi connectivity index (χ4n) is 4.02. The summed E-state index contributed by atoms with van der Waals surface area (Å²) >= 11 is 0. The Labute approximate surface area is 166 Å². The van der Waals surface area contributed by atoms with Gasteiger partial charge in [0.05, 0.1) is 7.11 Å². The molecule has 2 aromatic carbocycles. The van der Waals surface area contributed by atoms with Crippen LogP contribution in [0, 0.1) is 0 Å². The third-order valence-electron chi connectivity index (χ3n) is 5.73. The molecule has 3 rings (SSSR count). The van der Waals surface area contributed by atoms with Gasteiger partial charge in [0.25, 0.3) is 0 Å². The number of hydrogen-bond acceptors (Lipinski definition) is 4. The van der Waals surface area contributed by atoms with Crippen LogP contribution in [-0.4, -0.2) is 61.5 Å². The fourth-order valence-corrected chi connectivity index (χ4v) is 4.02. The molecule has 2 aromatic rings. The second-order valence-electron chi connectivity index (χ2n) is 7.55. The molecular weight excluding hydrogens is 352 g/mol. The van der Waals surface area contributed by atoms with E-state index in [0.717, 1.165) is 13.0 Å².